The molecule has 1 saturated heterocycles. The third-order valence-corrected chi connectivity index (χ3v) is 7.18. The van der Waals surface area contributed by atoms with E-state index in [-0.39, 0.29) is 50.3 Å². The molecule has 2 amide bonds. The van der Waals surface area contributed by atoms with E-state index in [0.29, 0.717) is 39.9 Å². The van der Waals surface area contributed by atoms with Crippen LogP contribution in [0.2, 0.25) is 10.0 Å². The molecule has 1 aliphatic heterocycles. The number of ether oxygens (including phenoxy) is 1. The minimum absolute atomic E-state index is 0.0438. The molecule has 2 aliphatic rings. The average molecular weight is 519 g/mol. The van der Waals surface area contributed by atoms with Gasteiger partial charge in [-0.05, 0) is 62.9 Å². The molecule has 35 heavy (non-hydrogen) atoms. The van der Waals surface area contributed by atoms with Crippen molar-refractivity contribution in [2.75, 3.05) is 6.61 Å². The molecule has 2 heterocycles. The van der Waals surface area contributed by atoms with Gasteiger partial charge in [0.15, 0.2) is 0 Å². The third-order valence-electron chi connectivity index (χ3n) is 6.60. The van der Waals surface area contributed by atoms with Gasteiger partial charge in [-0.15, -0.1) is 0 Å². The standard InChI is InChI=1S/C26H28Cl2N2O5/c1-3-34-25(33)26-10-4-5-22(26)30(15-17-7-8-19(27)12-21(17)28)24(32)18(13-26)11-23(31)29-14-20-9-6-16(2)35-20/h5-9,12,18H,3-4,10-11,13-15H2,1-2H3,(H,29,31)/t18-,26+/m1/s1. The van der Waals surface area contributed by atoms with E-state index in [4.69, 9.17) is 32.4 Å². The Morgan fingerprint density at radius 1 is 1.26 bits per heavy atom. The van der Waals surface area contributed by atoms with Gasteiger partial charge in [-0.3, -0.25) is 14.4 Å². The molecule has 9 heteroatoms. The van der Waals surface area contributed by atoms with Gasteiger partial charge in [-0.1, -0.05) is 35.3 Å². The maximum Gasteiger partial charge on any atom is 0.318 e. The largest absolute Gasteiger partial charge is 0.465 e. The van der Waals surface area contributed by atoms with Gasteiger partial charge in [0.05, 0.1) is 19.7 Å². The zero-order valence-electron chi connectivity index (χ0n) is 19.7. The molecule has 1 fully saturated rings. The smallest absolute Gasteiger partial charge is 0.318 e. The first-order chi connectivity index (χ1) is 16.7. The second-order valence-electron chi connectivity index (χ2n) is 8.98. The second kappa shape index (κ2) is 10.5. The Hall–Kier alpha value is -2.77. The Kier molecular flexibility index (Phi) is 7.57. The Morgan fingerprint density at radius 3 is 2.74 bits per heavy atom. The first-order valence-corrected chi connectivity index (χ1v) is 12.4. The lowest BCUT2D eigenvalue weighted by atomic mass is 9.71. The summed E-state index contributed by atoms with van der Waals surface area (Å²) in [6.45, 7) is 4.22. The summed E-state index contributed by atoms with van der Waals surface area (Å²) in [4.78, 5) is 41.2. The number of nitrogens with zero attached hydrogens (tertiary/aromatic N) is 1. The quantitative estimate of drug-likeness (QED) is 0.486. The van der Waals surface area contributed by atoms with E-state index in [1.165, 1.54) is 0 Å². The maximum absolute atomic E-state index is 13.7. The highest BCUT2D eigenvalue weighted by Crippen LogP contribution is 2.51. The number of fused-ring (bicyclic) bond motifs is 1. The van der Waals surface area contributed by atoms with Gasteiger partial charge in [0.1, 0.15) is 16.9 Å². The Balaban J connectivity index is 1.59. The van der Waals surface area contributed by atoms with E-state index in [9.17, 15) is 14.4 Å². The van der Waals surface area contributed by atoms with Gasteiger partial charge in [-0.25, -0.2) is 0 Å². The van der Waals surface area contributed by atoms with Crippen LogP contribution in [0.3, 0.4) is 0 Å². The van der Waals surface area contributed by atoms with Gasteiger partial charge >= 0.3 is 5.97 Å². The fourth-order valence-corrected chi connectivity index (χ4v) is 5.43. The van der Waals surface area contributed by atoms with Crippen LogP contribution in [0.4, 0.5) is 0 Å². The maximum atomic E-state index is 13.7. The van der Waals surface area contributed by atoms with Crippen LogP contribution in [0.25, 0.3) is 0 Å². The number of allylic oxidation sites excluding steroid dienone is 1. The van der Waals surface area contributed by atoms with Crippen molar-refractivity contribution in [3.05, 3.63) is 69.2 Å². The van der Waals surface area contributed by atoms with Crippen molar-refractivity contribution >= 4 is 41.0 Å². The number of furan rings is 1. The number of carbonyl (C=O) groups is 3. The highest BCUT2D eigenvalue weighted by Gasteiger charge is 2.55. The lowest BCUT2D eigenvalue weighted by Gasteiger charge is -2.44. The lowest BCUT2D eigenvalue weighted by molar-refractivity contribution is -0.161. The third kappa shape index (κ3) is 5.26. The van der Waals surface area contributed by atoms with Crippen LogP contribution in [0, 0.1) is 18.3 Å². The topological polar surface area (TPSA) is 88.8 Å². The highest BCUT2D eigenvalue weighted by molar-refractivity contribution is 6.35. The van der Waals surface area contributed by atoms with Gasteiger partial charge in [-0.2, -0.15) is 0 Å². The molecular formula is C26H28Cl2N2O5. The number of benzene rings is 1. The summed E-state index contributed by atoms with van der Waals surface area (Å²) in [5, 5.41) is 3.74. The molecule has 1 aromatic heterocycles. The first kappa shape index (κ1) is 25.3. The van der Waals surface area contributed by atoms with E-state index >= 15 is 0 Å². The number of halogens is 2. The molecule has 186 valence electrons. The summed E-state index contributed by atoms with van der Waals surface area (Å²) < 4.78 is 10.9. The Bertz CT molecular complexity index is 1170. The van der Waals surface area contributed by atoms with Crippen molar-refractivity contribution < 1.29 is 23.5 Å². The summed E-state index contributed by atoms with van der Waals surface area (Å²) in [7, 11) is 0. The molecule has 0 saturated carbocycles. The Labute approximate surface area is 214 Å². The summed E-state index contributed by atoms with van der Waals surface area (Å²) in [5.74, 6) is -0.155. The number of aryl methyl sites for hydroxylation is 1. The van der Waals surface area contributed by atoms with E-state index in [2.05, 4.69) is 5.32 Å². The number of hydrogen-bond donors (Lipinski definition) is 1. The molecule has 0 radical (unpaired) electrons. The second-order valence-corrected chi connectivity index (χ2v) is 9.83. The molecule has 0 bridgehead atoms. The highest BCUT2D eigenvalue weighted by atomic mass is 35.5. The van der Waals surface area contributed by atoms with Crippen LogP contribution in [0.5, 0.6) is 0 Å². The summed E-state index contributed by atoms with van der Waals surface area (Å²) in [5.41, 5.74) is 0.370. The molecule has 7 nitrogen and oxygen atoms in total. The number of nitrogens with one attached hydrogen (secondary N) is 1. The predicted octanol–water partition coefficient (Wildman–Crippen LogP) is 5.18. The van der Waals surface area contributed by atoms with Crippen LogP contribution >= 0.6 is 23.2 Å². The first-order valence-electron chi connectivity index (χ1n) is 11.7. The van der Waals surface area contributed by atoms with Gasteiger partial charge in [0.25, 0.3) is 0 Å². The lowest BCUT2D eigenvalue weighted by Crippen LogP contribution is -2.52. The number of piperidine rings is 1. The van der Waals surface area contributed by atoms with Crippen LogP contribution in [-0.4, -0.2) is 29.3 Å². The minimum Gasteiger partial charge on any atom is -0.465 e. The molecule has 0 spiro atoms. The molecule has 4 rings (SSSR count). The molecule has 1 N–H and O–H groups in total. The van der Waals surface area contributed by atoms with Crippen molar-refractivity contribution in [2.24, 2.45) is 11.3 Å². The zero-order chi connectivity index (χ0) is 25.2. The van der Waals surface area contributed by atoms with E-state index in [1.807, 2.05) is 19.1 Å². The zero-order valence-corrected chi connectivity index (χ0v) is 21.2. The number of amides is 2. The predicted molar refractivity (Wildman–Crippen MR) is 131 cm³/mol. The SMILES string of the molecule is CCOC(=O)[C@]12CCC=C1N(Cc1ccc(Cl)cc1Cl)C(=O)[C@H](CC(=O)NCc1ccc(C)o1)C2. The van der Waals surface area contributed by atoms with Crippen molar-refractivity contribution in [3.8, 4) is 0 Å². The van der Waals surface area contributed by atoms with Crippen molar-refractivity contribution in [1.29, 1.82) is 0 Å². The number of esters is 1. The fourth-order valence-electron chi connectivity index (χ4n) is 4.96. The minimum atomic E-state index is -0.966. The summed E-state index contributed by atoms with van der Waals surface area (Å²) in [6.07, 6.45) is 3.28. The van der Waals surface area contributed by atoms with Crippen LogP contribution in [-0.2, 0) is 32.2 Å². The summed E-state index contributed by atoms with van der Waals surface area (Å²) >= 11 is 12.4. The fraction of sp³-hybridized carbons (Fsp3) is 0.423. The van der Waals surface area contributed by atoms with Crippen LogP contribution in [0.1, 0.15) is 49.7 Å². The molecular weight excluding hydrogens is 491 g/mol. The number of hydrogen-bond acceptors (Lipinski definition) is 5. The van der Waals surface area contributed by atoms with Gasteiger partial charge in [0.2, 0.25) is 11.8 Å². The summed E-state index contributed by atoms with van der Waals surface area (Å²) in [6, 6.07) is 8.71. The molecule has 0 unspecified atom stereocenters. The van der Waals surface area contributed by atoms with Crippen molar-refractivity contribution in [3.63, 3.8) is 0 Å². The number of carbonyl (C=O) groups excluding carboxylic acids is 3. The molecule has 2 atom stereocenters. The number of likely N-dealkylation sites (tertiary alicyclic amines) is 1. The van der Waals surface area contributed by atoms with E-state index in [0.717, 1.165) is 5.76 Å². The van der Waals surface area contributed by atoms with Crippen molar-refractivity contribution in [1.82, 2.24) is 10.2 Å². The van der Waals surface area contributed by atoms with E-state index in [1.54, 1.807) is 36.1 Å². The van der Waals surface area contributed by atoms with Crippen LogP contribution < -0.4 is 5.32 Å². The normalized spacial score (nSPS) is 21.5. The van der Waals surface area contributed by atoms with Gasteiger partial charge < -0.3 is 19.4 Å². The molecule has 1 aliphatic carbocycles. The Morgan fingerprint density at radius 2 is 2.06 bits per heavy atom. The monoisotopic (exact) mass is 518 g/mol. The number of rotatable bonds is 8. The average Bonchev–Trinajstić information content (AvgIpc) is 3.43. The molecule has 1 aromatic carbocycles. The van der Waals surface area contributed by atoms with E-state index < -0.39 is 11.3 Å². The van der Waals surface area contributed by atoms with Crippen molar-refractivity contribution in [2.45, 2.75) is 52.6 Å². The van der Waals surface area contributed by atoms with Gasteiger partial charge in [0, 0.05) is 28.1 Å². The van der Waals surface area contributed by atoms with Crippen LogP contribution in [0.15, 0.2) is 46.5 Å². The molecule has 2 aromatic rings.